The SMILES string of the molecule is CCC1CNC(C)(C2CC2)CN1C1CCCC1C. The zero-order valence-electron chi connectivity index (χ0n) is 12.4. The summed E-state index contributed by atoms with van der Waals surface area (Å²) in [6, 6.07) is 1.65. The molecule has 0 spiro atoms. The van der Waals surface area contributed by atoms with E-state index in [1.807, 2.05) is 0 Å². The van der Waals surface area contributed by atoms with Gasteiger partial charge >= 0.3 is 0 Å². The highest BCUT2D eigenvalue weighted by atomic mass is 15.3. The number of hydrogen-bond donors (Lipinski definition) is 1. The Bertz CT molecular complexity index is 299. The highest BCUT2D eigenvalue weighted by Gasteiger charge is 2.47. The normalized spacial score (nSPS) is 46.5. The number of nitrogens with zero attached hydrogens (tertiary/aromatic N) is 1. The second-order valence-corrected chi connectivity index (χ2v) is 7.28. The van der Waals surface area contributed by atoms with Crippen molar-refractivity contribution in [2.45, 2.75) is 76.9 Å². The van der Waals surface area contributed by atoms with Crippen LogP contribution in [0.25, 0.3) is 0 Å². The number of hydrogen-bond acceptors (Lipinski definition) is 2. The average molecular weight is 250 g/mol. The maximum Gasteiger partial charge on any atom is 0.0309 e. The maximum atomic E-state index is 3.89. The van der Waals surface area contributed by atoms with Crippen LogP contribution in [0.1, 0.15) is 59.3 Å². The van der Waals surface area contributed by atoms with Crippen LogP contribution < -0.4 is 5.32 Å². The van der Waals surface area contributed by atoms with Crippen molar-refractivity contribution in [3.63, 3.8) is 0 Å². The van der Waals surface area contributed by atoms with Crippen molar-refractivity contribution < 1.29 is 0 Å². The summed E-state index contributed by atoms with van der Waals surface area (Å²) in [5, 5.41) is 3.89. The topological polar surface area (TPSA) is 15.3 Å². The summed E-state index contributed by atoms with van der Waals surface area (Å²) in [6.45, 7) is 9.82. The third kappa shape index (κ3) is 2.22. The fourth-order valence-electron chi connectivity index (χ4n) is 4.41. The summed E-state index contributed by atoms with van der Waals surface area (Å²) in [7, 11) is 0. The third-order valence-corrected chi connectivity index (χ3v) is 5.91. The van der Waals surface area contributed by atoms with E-state index >= 15 is 0 Å². The molecule has 1 aliphatic heterocycles. The molecule has 4 unspecified atom stereocenters. The highest BCUT2D eigenvalue weighted by Crippen LogP contribution is 2.43. The van der Waals surface area contributed by atoms with E-state index < -0.39 is 0 Å². The molecule has 2 nitrogen and oxygen atoms in total. The molecule has 4 atom stereocenters. The fraction of sp³-hybridized carbons (Fsp3) is 1.00. The van der Waals surface area contributed by atoms with E-state index in [9.17, 15) is 0 Å². The van der Waals surface area contributed by atoms with Crippen molar-refractivity contribution >= 4 is 0 Å². The van der Waals surface area contributed by atoms with Crippen molar-refractivity contribution in [3.8, 4) is 0 Å². The predicted molar refractivity (Wildman–Crippen MR) is 76.7 cm³/mol. The quantitative estimate of drug-likeness (QED) is 0.828. The van der Waals surface area contributed by atoms with Crippen LogP contribution in [-0.4, -0.2) is 35.6 Å². The molecular weight excluding hydrogens is 220 g/mol. The van der Waals surface area contributed by atoms with Crippen LogP contribution in [-0.2, 0) is 0 Å². The molecule has 0 bridgehead atoms. The summed E-state index contributed by atoms with van der Waals surface area (Å²) >= 11 is 0. The first kappa shape index (κ1) is 12.9. The molecule has 2 heteroatoms. The number of rotatable bonds is 3. The molecule has 3 rings (SSSR count). The number of nitrogens with one attached hydrogen (secondary N) is 1. The Kier molecular flexibility index (Phi) is 3.44. The van der Waals surface area contributed by atoms with Gasteiger partial charge in [0, 0.05) is 30.7 Å². The minimum Gasteiger partial charge on any atom is -0.308 e. The Morgan fingerprint density at radius 1 is 1.22 bits per heavy atom. The first-order chi connectivity index (χ1) is 8.64. The summed E-state index contributed by atoms with van der Waals surface area (Å²) in [5.74, 6) is 1.87. The zero-order valence-corrected chi connectivity index (χ0v) is 12.4. The molecule has 1 N–H and O–H groups in total. The van der Waals surface area contributed by atoms with Crippen LogP contribution in [0, 0.1) is 11.8 Å². The largest absolute Gasteiger partial charge is 0.308 e. The van der Waals surface area contributed by atoms with Crippen LogP contribution in [0.3, 0.4) is 0 Å². The molecule has 1 saturated heterocycles. The molecule has 3 aliphatic rings. The monoisotopic (exact) mass is 250 g/mol. The highest BCUT2D eigenvalue weighted by molar-refractivity contribution is 5.05. The molecule has 0 aromatic rings. The van der Waals surface area contributed by atoms with Gasteiger partial charge < -0.3 is 5.32 Å². The van der Waals surface area contributed by atoms with Crippen LogP contribution in [0.2, 0.25) is 0 Å². The average Bonchev–Trinajstić information content (AvgIpc) is 3.13. The van der Waals surface area contributed by atoms with Gasteiger partial charge in [-0.2, -0.15) is 0 Å². The minimum atomic E-state index is 0.411. The summed E-state index contributed by atoms with van der Waals surface area (Å²) in [4.78, 5) is 2.90. The molecule has 0 aromatic carbocycles. The Morgan fingerprint density at radius 2 is 2.00 bits per heavy atom. The summed E-state index contributed by atoms with van der Waals surface area (Å²) in [5.41, 5.74) is 0.411. The summed E-state index contributed by atoms with van der Waals surface area (Å²) < 4.78 is 0. The number of piperazine rings is 1. The van der Waals surface area contributed by atoms with Gasteiger partial charge in [-0.15, -0.1) is 0 Å². The predicted octanol–water partition coefficient (Wildman–Crippen LogP) is 3.03. The van der Waals surface area contributed by atoms with E-state index in [0.29, 0.717) is 5.54 Å². The molecule has 0 aromatic heterocycles. The molecule has 3 fully saturated rings. The van der Waals surface area contributed by atoms with Crippen molar-refractivity contribution in [1.29, 1.82) is 0 Å². The van der Waals surface area contributed by atoms with Gasteiger partial charge in [-0.1, -0.05) is 20.3 Å². The van der Waals surface area contributed by atoms with Gasteiger partial charge in [0.05, 0.1) is 0 Å². The van der Waals surface area contributed by atoms with Crippen molar-refractivity contribution in [1.82, 2.24) is 10.2 Å². The standard InChI is InChI=1S/C16H30N2/c1-4-14-10-17-16(3,13-8-9-13)11-18(14)15-7-5-6-12(15)2/h12-15,17H,4-11H2,1-3H3. The second-order valence-electron chi connectivity index (χ2n) is 7.28. The van der Waals surface area contributed by atoms with Gasteiger partial charge in [0.1, 0.15) is 0 Å². The Hall–Kier alpha value is -0.0800. The Balaban J connectivity index is 1.74. The van der Waals surface area contributed by atoms with Crippen molar-refractivity contribution in [2.24, 2.45) is 11.8 Å². The van der Waals surface area contributed by atoms with E-state index in [0.717, 1.165) is 23.9 Å². The van der Waals surface area contributed by atoms with Gasteiger partial charge in [0.15, 0.2) is 0 Å². The molecule has 1 heterocycles. The zero-order chi connectivity index (χ0) is 12.8. The van der Waals surface area contributed by atoms with E-state index in [1.165, 1.54) is 51.6 Å². The Morgan fingerprint density at radius 3 is 2.56 bits per heavy atom. The van der Waals surface area contributed by atoms with E-state index in [-0.39, 0.29) is 0 Å². The molecule has 0 radical (unpaired) electrons. The van der Waals surface area contributed by atoms with Gasteiger partial charge in [-0.3, -0.25) is 4.90 Å². The minimum absolute atomic E-state index is 0.411. The lowest BCUT2D eigenvalue weighted by atomic mass is 9.88. The molecule has 0 amide bonds. The molecular formula is C16H30N2. The van der Waals surface area contributed by atoms with Gasteiger partial charge in [0.25, 0.3) is 0 Å². The lowest BCUT2D eigenvalue weighted by Gasteiger charge is -2.50. The van der Waals surface area contributed by atoms with Crippen molar-refractivity contribution in [2.75, 3.05) is 13.1 Å². The van der Waals surface area contributed by atoms with Crippen LogP contribution in [0.5, 0.6) is 0 Å². The van der Waals surface area contributed by atoms with Gasteiger partial charge in [0.2, 0.25) is 0 Å². The molecule has 104 valence electrons. The summed E-state index contributed by atoms with van der Waals surface area (Å²) in [6.07, 6.45) is 8.55. The lowest BCUT2D eigenvalue weighted by Crippen LogP contribution is -2.66. The first-order valence-electron chi connectivity index (χ1n) is 8.15. The lowest BCUT2D eigenvalue weighted by molar-refractivity contribution is 0.0253. The van der Waals surface area contributed by atoms with E-state index in [2.05, 4.69) is 31.0 Å². The van der Waals surface area contributed by atoms with E-state index in [4.69, 9.17) is 0 Å². The molecule has 18 heavy (non-hydrogen) atoms. The molecule has 2 saturated carbocycles. The first-order valence-corrected chi connectivity index (χ1v) is 8.15. The Labute approximate surface area is 113 Å². The van der Waals surface area contributed by atoms with E-state index in [1.54, 1.807) is 0 Å². The third-order valence-electron chi connectivity index (χ3n) is 5.91. The van der Waals surface area contributed by atoms with Crippen molar-refractivity contribution in [3.05, 3.63) is 0 Å². The van der Waals surface area contributed by atoms with Crippen LogP contribution >= 0.6 is 0 Å². The van der Waals surface area contributed by atoms with Crippen LogP contribution in [0.15, 0.2) is 0 Å². The smallest absolute Gasteiger partial charge is 0.0309 e. The second kappa shape index (κ2) is 4.79. The van der Waals surface area contributed by atoms with Gasteiger partial charge in [-0.05, 0) is 50.9 Å². The van der Waals surface area contributed by atoms with Gasteiger partial charge in [-0.25, -0.2) is 0 Å². The maximum absolute atomic E-state index is 3.89. The molecule has 2 aliphatic carbocycles. The van der Waals surface area contributed by atoms with Crippen LogP contribution in [0.4, 0.5) is 0 Å². The fourth-order valence-corrected chi connectivity index (χ4v) is 4.41.